The maximum atomic E-state index is 13.1. The number of aromatic nitrogens is 6. The zero-order valence-corrected chi connectivity index (χ0v) is 20.0. The fraction of sp³-hybridized carbons (Fsp3) is 0.120. The third kappa shape index (κ3) is 4.31. The molecule has 0 atom stereocenters. The van der Waals surface area contributed by atoms with Crippen molar-refractivity contribution in [2.45, 2.75) is 6.54 Å². The number of para-hydroxylation sites is 1. The first-order valence-electron chi connectivity index (χ1n) is 11.3. The van der Waals surface area contributed by atoms with Crippen LogP contribution in [-0.4, -0.2) is 40.3 Å². The van der Waals surface area contributed by atoms with Crippen LogP contribution in [0, 0.1) is 0 Å². The number of benzene rings is 2. The number of imidazole rings is 1. The Labute approximate surface area is 209 Å². The summed E-state index contributed by atoms with van der Waals surface area (Å²) in [7, 11) is 2.84. The lowest BCUT2D eigenvalue weighted by Crippen LogP contribution is -2.43. The molecule has 2 amide bonds. The number of hydrogen-bond acceptors (Lipinski definition) is 6. The molecule has 0 spiro atoms. The number of hydrogen-bond donors (Lipinski definition) is 2. The summed E-state index contributed by atoms with van der Waals surface area (Å²) in [5, 5.41) is 4.59. The molecular formula is C25H22N8O4. The average Bonchev–Trinajstić information content (AvgIpc) is 3.56. The van der Waals surface area contributed by atoms with Crippen molar-refractivity contribution in [3.8, 4) is 16.9 Å². The Morgan fingerprint density at radius 2 is 1.57 bits per heavy atom. The van der Waals surface area contributed by atoms with Gasteiger partial charge in [-0.3, -0.25) is 34.4 Å². The molecule has 0 saturated heterocycles. The van der Waals surface area contributed by atoms with E-state index < -0.39 is 23.1 Å². The number of nitrogens with zero attached hydrogens (tertiary/aromatic N) is 6. The van der Waals surface area contributed by atoms with E-state index in [0.717, 1.165) is 15.8 Å². The quantitative estimate of drug-likeness (QED) is 0.343. The van der Waals surface area contributed by atoms with E-state index in [2.05, 4.69) is 20.9 Å². The van der Waals surface area contributed by atoms with Gasteiger partial charge in [-0.15, -0.1) is 0 Å². The molecule has 0 aliphatic heterocycles. The number of rotatable bonds is 5. The van der Waals surface area contributed by atoms with Crippen molar-refractivity contribution in [2.75, 3.05) is 0 Å². The summed E-state index contributed by atoms with van der Waals surface area (Å²) in [4.78, 5) is 54.5. The first-order valence-corrected chi connectivity index (χ1v) is 11.3. The summed E-state index contributed by atoms with van der Waals surface area (Å²) in [5.41, 5.74) is 6.15. The number of hydrazine groups is 1. The van der Waals surface area contributed by atoms with Crippen molar-refractivity contribution in [3.05, 3.63) is 99.6 Å². The minimum absolute atomic E-state index is 0.0987. The van der Waals surface area contributed by atoms with Gasteiger partial charge in [-0.1, -0.05) is 48.5 Å². The number of carbonyl (C=O) groups is 2. The summed E-state index contributed by atoms with van der Waals surface area (Å²) in [6.45, 7) is -0.307. The van der Waals surface area contributed by atoms with Gasteiger partial charge in [0.25, 0.3) is 17.4 Å². The summed E-state index contributed by atoms with van der Waals surface area (Å²) >= 11 is 0. The normalized spacial score (nSPS) is 11.0. The van der Waals surface area contributed by atoms with Crippen LogP contribution in [0.2, 0.25) is 0 Å². The Balaban J connectivity index is 1.38. The van der Waals surface area contributed by atoms with Gasteiger partial charge in [0, 0.05) is 25.9 Å². The van der Waals surface area contributed by atoms with E-state index in [-0.39, 0.29) is 23.3 Å². The van der Waals surface area contributed by atoms with Crippen LogP contribution in [-0.2, 0) is 25.4 Å². The molecule has 37 heavy (non-hydrogen) atoms. The summed E-state index contributed by atoms with van der Waals surface area (Å²) in [5.74, 6) is -1.16. The number of nitrogens with one attached hydrogen (secondary N) is 2. The molecule has 0 aliphatic rings. The van der Waals surface area contributed by atoms with E-state index in [9.17, 15) is 19.2 Å². The Hall–Kier alpha value is -5.26. The molecule has 2 aromatic carbocycles. The highest BCUT2D eigenvalue weighted by Crippen LogP contribution is 2.23. The molecule has 0 fully saturated rings. The number of amides is 2. The van der Waals surface area contributed by atoms with Crippen LogP contribution in [0.25, 0.3) is 28.1 Å². The van der Waals surface area contributed by atoms with E-state index in [0.29, 0.717) is 5.69 Å². The molecule has 2 N–H and O–H groups in total. The zero-order valence-electron chi connectivity index (χ0n) is 20.0. The second-order valence-electron chi connectivity index (χ2n) is 8.29. The zero-order chi connectivity index (χ0) is 26.1. The van der Waals surface area contributed by atoms with Gasteiger partial charge in [0.1, 0.15) is 12.2 Å². The van der Waals surface area contributed by atoms with Gasteiger partial charge in [0.15, 0.2) is 11.2 Å². The summed E-state index contributed by atoms with van der Waals surface area (Å²) in [6.07, 6.45) is 2.89. The molecule has 12 heteroatoms. The third-order valence-electron chi connectivity index (χ3n) is 5.87. The summed E-state index contributed by atoms with van der Waals surface area (Å²) < 4.78 is 5.08. The van der Waals surface area contributed by atoms with Crippen molar-refractivity contribution in [1.82, 2.24) is 39.3 Å². The highest BCUT2D eigenvalue weighted by molar-refractivity contribution is 6.00. The first kappa shape index (κ1) is 23.5. The van der Waals surface area contributed by atoms with Crippen LogP contribution in [0.4, 0.5) is 0 Å². The van der Waals surface area contributed by atoms with Crippen LogP contribution in [0.15, 0.2) is 82.8 Å². The Morgan fingerprint density at radius 1 is 0.892 bits per heavy atom. The number of aryl methyl sites for hydroxylation is 1. The van der Waals surface area contributed by atoms with Gasteiger partial charge in [-0.2, -0.15) is 5.10 Å². The monoisotopic (exact) mass is 498 g/mol. The highest BCUT2D eigenvalue weighted by Gasteiger charge is 2.20. The van der Waals surface area contributed by atoms with Gasteiger partial charge in [-0.05, 0) is 12.1 Å². The maximum Gasteiger partial charge on any atom is 0.332 e. The van der Waals surface area contributed by atoms with Gasteiger partial charge < -0.3 is 4.57 Å². The molecule has 186 valence electrons. The molecular weight excluding hydrogens is 476 g/mol. The minimum atomic E-state index is -0.597. The molecule has 3 aromatic heterocycles. The molecule has 0 saturated carbocycles. The fourth-order valence-corrected chi connectivity index (χ4v) is 3.97. The predicted molar refractivity (Wildman–Crippen MR) is 135 cm³/mol. The highest BCUT2D eigenvalue weighted by atomic mass is 16.2. The predicted octanol–water partition coefficient (Wildman–Crippen LogP) is 0.748. The van der Waals surface area contributed by atoms with Crippen LogP contribution in [0.3, 0.4) is 0 Å². The first-order chi connectivity index (χ1) is 17.8. The topological polar surface area (TPSA) is 138 Å². The molecule has 5 rings (SSSR count). The number of fused-ring (bicyclic) bond motifs is 1. The van der Waals surface area contributed by atoms with Crippen molar-refractivity contribution in [2.24, 2.45) is 14.1 Å². The molecule has 5 aromatic rings. The van der Waals surface area contributed by atoms with Crippen molar-refractivity contribution in [1.29, 1.82) is 0 Å². The van der Waals surface area contributed by atoms with Gasteiger partial charge in [-0.25, -0.2) is 14.5 Å². The molecule has 12 nitrogen and oxygen atoms in total. The van der Waals surface area contributed by atoms with E-state index in [1.807, 2.05) is 60.7 Å². The second-order valence-corrected chi connectivity index (χ2v) is 8.29. The largest absolute Gasteiger partial charge is 0.332 e. The van der Waals surface area contributed by atoms with Crippen LogP contribution < -0.4 is 22.1 Å². The summed E-state index contributed by atoms with van der Waals surface area (Å²) in [6, 6.07) is 18.6. The van der Waals surface area contributed by atoms with E-state index in [4.69, 9.17) is 0 Å². The Kier molecular flexibility index (Phi) is 5.97. The Morgan fingerprint density at radius 3 is 2.27 bits per heavy atom. The van der Waals surface area contributed by atoms with Gasteiger partial charge >= 0.3 is 5.69 Å². The standard InChI is InChI=1S/C25H22N8O4/c1-30-22-21(24(36)31(2)25(30)37)32(15-26-22)14-19(34)27-28-23(35)18-13-33(17-11-7-4-8-12-17)29-20(18)16-9-5-3-6-10-16/h3-13,15H,14H2,1-2H3,(H,27,34)(H,28,35). The smallest absolute Gasteiger partial charge is 0.315 e. The van der Waals surface area contributed by atoms with Crippen LogP contribution >= 0.6 is 0 Å². The lowest BCUT2D eigenvalue weighted by atomic mass is 10.1. The third-order valence-corrected chi connectivity index (χ3v) is 5.87. The molecule has 0 unspecified atom stereocenters. The van der Waals surface area contributed by atoms with E-state index in [1.54, 1.807) is 10.9 Å². The van der Waals surface area contributed by atoms with E-state index in [1.165, 1.54) is 29.6 Å². The fourth-order valence-electron chi connectivity index (χ4n) is 3.97. The maximum absolute atomic E-state index is 13.1. The molecule has 0 aliphatic carbocycles. The lowest BCUT2D eigenvalue weighted by molar-refractivity contribution is -0.122. The lowest BCUT2D eigenvalue weighted by Gasteiger charge is -2.09. The van der Waals surface area contributed by atoms with Crippen LogP contribution in [0.1, 0.15) is 10.4 Å². The Bertz CT molecular complexity index is 1750. The SMILES string of the molecule is Cn1c(=O)c2c(ncn2CC(=O)NNC(=O)c2cn(-c3ccccc3)nc2-c2ccccc2)n(C)c1=O. The van der Waals surface area contributed by atoms with E-state index >= 15 is 0 Å². The molecule has 0 bridgehead atoms. The minimum Gasteiger partial charge on any atom is -0.315 e. The van der Waals surface area contributed by atoms with Gasteiger partial charge in [0.05, 0.1) is 17.6 Å². The van der Waals surface area contributed by atoms with Crippen molar-refractivity contribution >= 4 is 23.0 Å². The van der Waals surface area contributed by atoms with Crippen molar-refractivity contribution in [3.63, 3.8) is 0 Å². The second kappa shape index (κ2) is 9.41. The van der Waals surface area contributed by atoms with Gasteiger partial charge in [0.2, 0.25) is 0 Å². The molecule has 3 heterocycles. The average molecular weight is 499 g/mol. The molecule has 0 radical (unpaired) electrons. The van der Waals surface area contributed by atoms with Crippen LogP contribution in [0.5, 0.6) is 0 Å². The number of carbonyl (C=O) groups excluding carboxylic acids is 2. The van der Waals surface area contributed by atoms with Crippen molar-refractivity contribution < 1.29 is 9.59 Å².